The fraction of sp³-hybridized carbons (Fsp3) is 0.143. The van der Waals surface area contributed by atoms with Gasteiger partial charge in [-0.3, -0.25) is 0 Å². The molecule has 6 heteroatoms. The Hall–Kier alpha value is -6.55. The number of fused-ring (bicyclic) bond motifs is 10. The van der Waals surface area contributed by atoms with Gasteiger partial charge < -0.3 is 18.8 Å². The van der Waals surface area contributed by atoms with E-state index < -0.39 is 30.7 Å². The first-order valence-electron chi connectivity index (χ1n) is 24.8. The summed E-state index contributed by atoms with van der Waals surface area (Å²) in [4.78, 5) is 6.61. The van der Waals surface area contributed by atoms with E-state index >= 15 is 0 Å². The van der Waals surface area contributed by atoms with Gasteiger partial charge in [-0.15, -0.1) is 35.2 Å². The molecule has 3 aromatic heterocycles. The zero-order valence-electron chi connectivity index (χ0n) is 43.6. The van der Waals surface area contributed by atoms with Gasteiger partial charge in [0.25, 0.3) is 0 Å². The first-order chi connectivity index (χ1) is 33.2. The van der Waals surface area contributed by atoms with Gasteiger partial charge in [-0.25, -0.2) is 4.98 Å². The quantitative estimate of drug-likeness (QED) is 0.161. The molecule has 0 saturated carbocycles. The van der Waals surface area contributed by atoms with Crippen LogP contribution in [-0.2, 0) is 27.4 Å². The fourth-order valence-corrected chi connectivity index (χ4v) is 8.81. The van der Waals surface area contributed by atoms with E-state index in [2.05, 4.69) is 102 Å². The molecule has 0 fully saturated rings. The summed E-state index contributed by atoms with van der Waals surface area (Å²) in [7, 11) is 0. The summed E-state index contributed by atoms with van der Waals surface area (Å²) in [5.41, 5.74) is 5.32. The molecule has 0 saturated heterocycles. The Labute approximate surface area is 389 Å². The third kappa shape index (κ3) is 6.58. The number of ether oxygens (including phenoxy) is 1. The summed E-state index contributed by atoms with van der Waals surface area (Å²) in [6, 6.07) is 42.5. The van der Waals surface area contributed by atoms with Gasteiger partial charge >= 0.3 is 0 Å². The van der Waals surface area contributed by atoms with E-state index in [-0.39, 0.29) is 72.5 Å². The standard InChI is InChI=1S/C56H45N4O.Pt/c1-35-21-25-43-41-14-7-8-15-42(41)46-18-12-20-50-55(46)59(54-37(3)13-11-17-47(54)48(43)29-35)34-58(50)39-23-22-36(2)52(31-39)61-40-24-26-45-44-16-9-10-19-49(44)60(51(45)32-40)53-30-38(27-28-57-53)33-56(4,5)6;/h7-30,34H,33H2,1-6H3;/q-3;/i2D3,9D,10D,16D,19D,33D2;. The minimum absolute atomic E-state index is 0. The molecule has 0 amide bonds. The summed E-state index contributed by atoms with van der Waals surface area (Å²) in [6.07, 6.45) is -0.338. The molecule has 0 bridgehead atoms. The normalized spacial score (nSPS) is 14.9. The van der Waals surface area contributed by atoms with Gasteiger partial charge in [-0.1, -0.05) is 146 Å². The summed E-state index contributed by atoms with van der Waals surface area (Å²) in [6.45, 7) is 9.01. The Kier molecular flexibility index (Phi) is 7.43. The van der Waals surface area contributed by atoms with Crippen molar-refractivity contribution in [3.05, 3.63) is 187 Å². The molecular formula is C56H45N4OPt-3. The monoisotopic (exact) mass is 993 g/mol. The van der Waals surface area contributed by atoms with E-state index in [1.54, 1.807) is 51.1 Å². The zero-order valence-corrected chi connectivity index (χ0v) is 36.9. The maximum absolute atomic E-state index is 9.08. The second-order valence-electron chi connectivity index (χ2n) is 16.7. The second-order valence-corrected chi connectivity index (χ2v) is 16.7. The van der Waals surface area contributed by atoms with E-state index in [1.165, 1.54) is 16.8 Å². The summed E-state index contributed by atoms with van der Waals surface area (Å²) in [5.74, 6) is 0.208. The van der Waals surface area contributed by atoms with Gasteiger partial charge in [0.15, 0.2) is 0 Å². The first-order valence-corrected chi connectivity index (χ1v) is 20.3. The minimum atomic E-state index is -2.62. The largest absolute Gasteiger partial charge is 0.509 e. The Morgan fingerprint density at radius 3 is 2.29 bits per heavy atom. The van der Waals surface area contributed by atoms with Gasteiger partial charge in [0.1, 0.15) is 5.82 Å². The molecule has 308 valence electrons. The molecular weight excluding hydrogens is 940 g/mol. The van der Waals surface area contributed by atoms with Crippen LogP contribution in [-0.4, -0.2) is 14.1 Å². The van der Waals surface area contributed by atoms with Crippen LogP contribution >= 0.6 is 0 Å². The average molecular weight is 994 g/mol. The van der Waals surface area contributed by atoms with Crippen molar-refractivity contribution in [3.8, 4) is 17.3 Å². The third-order valence-corrected chi connectivity index (χ3v) is 11.3. The molecule has 7 aromatic carbocycles. The van der Waals surface area contributed by atoms with Crippen molar-refractivity contribution in [2.24, 2.45) is 5.41 Å². The maximum Gasteiger partial charge on any atom is 0.135 e. The molecule has 0 spiro atoms. The van der Waals surface area contributed by atoms with Crippen LogP contribution in [0.3, 0.4) is 0 Å². The molecule has 1 aliphatic heterocycles. The van der Waals surface area contributed by atoms with E-state index in [4.69, 9.17) is 17.1 Å². The molecule has 0 atom stereocenters. The van der Waals surface area contributed by atoms with E-state index in [1.807, 2.05) is 23.7 Å². The fourth-order valence-electron chi connectivity index (χ4n) is 8.81. The number of nitrogens with zero attached hydrogens (tertiary/aromatic N) is 4. The van der Waals surface area contributed by atoms with Crippen molar-refractivity contribution in [1.29, 1.82) is 0 Å². The molecule has 0 unspecified atom stereocenters. The number of rotatable bonds is 5. The number of hydrogen-bond donors (Lipinski definition) is 0. The number of para-hydroxylation sites is 3. The first kappa shape index (κ1) is 30.5. The van der Waals surface area contributed by atoms with Gasteiger partial charge in [-0.2, -0.15) is 12.1 Å². The SMILES string of the molecule is [2H]c1c([2H])c([2H])c2c(c1[2H])c1ccc(Oc3[c-]c(N4[CH-]n5c6c(C)cccc6c6cc(C)ccc6c6ccccc6c6cccc4c65)ccc3C([2H])([2H])[2H])[c-]c1n2-c1cc(C([2H])([2H])C(C)(C)C)ccn1.[Pt]. The number of hydrogen-bond acceptors (Lipinski definition) is 3. The Morgan fingerprint density at radius 1 is 0.726 bits per heavy atom. The van der Waals surface area contributed by atoms with Crippen LogP contribution in [0.5, 0.6) is 11.5 Å². The molecule has 0 radical (unpaired) electrons. The van der Waals surface area contributed by atoms with E-state index in [0.717, 1.165) is 60.2 Å². The maximum atomic E-state index is 9.08. The molecule has 10 aromatic rings. The van der Waals surface area contributed by atoms with Crippen LogP contribution in [0, 0.1) is 44.9 Å². The summed E-state index contributed by atoms with van der Waals surface area (Å²) < 4.78 is 89.6. The third-order valence-electron chi connectivity index (χ3n) is 11.3. The van der Waals surface area contributed by atoms with Crippen molar-refractivity contribution in [2.45, 2.75) is 47.8 Å². The molecule has 0 N–H and O–H groups in total. The van der Waals surface area contributed by atoms with Gasteiger partial charge in [-0.05, 0) is 105 Å². The average Bonchev–Trinajstić information content (AvgIpc) is 3.89. The van der Waals surface area contributed by atoms with Crippen molar-refractivity contribution >= 4 is 76.5 Å². The van der Waals surface area contributed by atoms with E-state index in [9.17, 15) is 0 Å². The summed E-state index contributed by atoms with van der Waals surface area (Å²) in [5, 5.41) is 7.11. The molecule has 1 aliphatic rings. The molecule has 5 nitrogen and oxygen atoms in total. The van der Waals surface area contributed by atoms with Crippen LogP contribution in [0.1, 0.15) is 55.4 Å². The summed E-state index contributed by atoms with van der Waals surface area (Å²) >= 11 is 0. The van der Waals surface area contributed by atoms with E-state index in [0.29, 0.717) is 16.6 Å². The van der Waals surface area contributed by atoms with Crippen molar-refractivity contribution in [3.63, 3.8) is 0 Å². The Morgan fingerprint density at radius 2 is 1.47 bits per heavy atom. The van der Waals surface area contributed by atoms with Crippen molar-refractivity contribution in [1.82, 2.24) is 14.1 Å². The van der Waals surface area contributed by atoms with Crippen molar-refractivity contribution in [2.75, 3.05) is 4.90 Å². The van der Waals surface area contributed by atoms with Crippen LogP contribution in [0.2, 0.25) is 0 Å². The van der Waals surface area contributed by atoms with Crippen molar-refractivity contribution < 1.29 is 38.1 Å². The van der Waals surface area contributed by atoms with Gasteiger partial charge in [0.05, 0.1) is 5.48 Å². The van der Waals surface area contributed by atoms with Crippen LogP contribution in [0.15, 0.2) is 146 Å². The number of aromatic nitrogens is 3. The van der Waals surface area contributed by atoms with Crippen LogP contribution < -0.4 is 9.64 Å². The van der Waals surface area contributed by atoms with Crippen LogP contribution in [0.4, 0.5) is 11.4 Å². The second kappa shape index (κ2) is 15.1. The number of anilines is 2. The molecule has 0 aliphatic carbocycles. The van der Waals surface area contributed by atoms with Gasteiger partial charge in [0, 0.05) is 56.8 Å². The number of pyridine rings is 1. The zero-order chi connectivity index (χ0) is 49.3. The minimum Gasteiger partial charge on any atom is -0.509 e. The smallest absolute Gasteiger partial charge is 0.135 e. The topological polar surface area (TPSA) is 35.2 Å². The van der Waals surface area contributed by atoms with Gasteiger partial charge in [0.2, 0.25) is 0 Å². The Bertz CT molecular complexity index is 3950. The molecule has 11 rings (SSSR count). The molecule has 4 heterocycles. The number of aryl methyl sites for hydroxylation is 3. The van der Waals surface area contributed by atoms with Crippen LogP contribution in [0.25, 0.3) is 71.0 Å². The predicted octanol–water partition coefficient (Wildman–Crippen LogP) is 14.7. The number of benzene rings is 7. The molecule has 62 heavy (non-hydrogen) atoms. The predicted molar refractivity (Wildman–Crippen MR) is 254 cm³/mol. The Balaban J connectivity index is 0.00000582.